The van der Waals surface area contributed by atoms with E-state index in [9.17, 15) is 0 Å². The Bertz CT molecular complexity index is 118. The topological polar surface area (TPSA) is 38.8 Å². The Morgan fingerprint density at radius 3 is 1.57 bits per heavy atom. The second-order valence-electron chi connectivity index (χ2n) is 1.41. The molecule has 0 spiro atoms. The average molecular weight is 96.1 g/mol. The van der Waals surface area contributed by atoms with E-state index in [1.807, 2.05) is 13.8 Å². The minimum atomic E-state index is 0.748. The lowest BCUT2D eigenvalue weighted by molar-refractivity contribution is 1.26. The Labute approximate surface area is 42.1 Å². The van der Waals surface area contributed by atoms with Gasteiger partial charge in [-0.2, -0.15) is 0 Å². The van der Waals surface area contributed by atoms with E-state index in [1.54, 1.807) is 0 Å². The molecule has 0 aliphatic carbocycles. The lowest BCUT2D eigenvalue weighted by Gasteiger charge is -1.82. The molecule has 0 saturated heterocycles. The average Bonchev–Trinajstić information content (AvgIpc) is 1.87. The lowest BCUT2D eigenvalue weighted by atomic mass is 10.6. The molecule has 0 saturated carbocycles. The number of hydrogen-bond donors (Lipinski definition) is 0. The highest BCUT2D eigenvalue weighted by Gasteiger charge is 2.00. The van der Waals surface area contributed by atoms with Crippen molar-refractivity contribution >= 4 is 11.7 Å². The highest BCUT2D eigenvalue weighted by Crippen LogP contribution is 1.88. The van der Waals surface area contributed by atoms with Crippen molar-refractivity contribution < 1.29 is 0 Å². The van der Waals surface area contributed by atoms with Crippen LogP contribution in [0.4, 0.5) is 0 Å². The molecule has 37 valence electrons. The van der Waals surface area contributed by atoms with E-state index in [1.165, 1.54) is 0 Å². The van der Waals surface area contributed by atoms with Gasteiger partial charge in [-0.25, -0.2) is 5.32 Å². The molecule has 0 aromatic heterocycles. The molecule has 0 aromatic rings. The van der Waals surface area contributed by atoms with Gasteiger partial charge in [-0.05, 0) is 13.8 Å². The summed E-state index contributed by atoms with van der Waals surface area (Å²) >= 11 is 0. The van der Waals surface area contributed by atoms with Crippen molar-refractivity contribution in [2.75, 3.05) is 0 Å². The zero-order valence-corrected chi connectivity index (χ0v) is 4.34. The molecule has 7 heavy (non-hydrogen) atoms. The standard InChI is InChI=1S/C4H6N3/c1-3-5-4(2)7-6-3/h1-2H3. The molecule has 3 nitrogen and oxygen atoms in total. The van der Waals surface area contributed by atoms with Gasteiger partial charge in [-0.15, -0.1) is 10.2 Å². The van der Waals surface area contributed by atoms with E-state index in [-0.39, 0.29) is 0 Å². The second-order valence-corrected chi connectivity index (χ2v) is 1.41. The molecule has 0 bridgehead atoms. The summed E-state index contributed by atoms with van der Waals surface area (Å²) in [5.41, 5.74) is 0. The molecule has 3 heteroatoms. The van der Waals surface area contributed by atoms with Gasteiger partial charge in [0.25, 0.3) is 0 Å². The maximum Gasteiger partial charge on any atom is 0.150 e. The van der Waals surface area contributed by atoms with Gasteiger partial charge < -0.3 is 0 Å². The molecule has 0 fully saturated rings. The number of amidine groups is 2. The van der Waals surface area contributed by atoms with Gasteiger partial charge in [-0.1, -0.05) is 0 Å². The van der Waals surface area contributed by atoms with Gasteiger partial charge in [0.2, 0.25) is 0 Å². The van der Waals surface area contributed by atoms with Crippen molar-refractivity contribution in [2.45, 2.75) is 13.8 Å². The summed E-state index contributed by atoms with van der Waals surface area (Å²) in [4.78, 5) is 0. The van der Waals surface area contributed by atoms with Crippen molar-refractivity contribution in [2.24, 2.45) is 10.2 Å². The number of nitrogens with zero attached hydrogens (tertiary/aromatic N) is 3. The normalized spacial score (nSPS) is 18.0. The fraction of sp³-hybridized carbons (Fsp3) is 0.500. The summed E-state index contributed by atoms with van der Waals surface area (Å²) in [5.74, 6) is 1.50. The third-order valence-corrected chi connectivity index (χ3v) is 0.663. The molecule has 1 aliphatic rings. The van der Waals surface area contributed by atoms with Crippen LogP contribution in [0.5, 0.6) is 0 Å². The van der Waals surface area contributed by atoms with Crippen LogP contribution in [0.2, 0.25) is 0 Å². The van der Waals surface area contributed by atoms with Crippen molar-refractivity contribution in [1.82, 2.24) is 5.32 Å². The third-order valence-electron chi connectivity index (χ3n) is 0.663. The van der Waals surface area contributed by atoms with E-state index in [0.29, 0.717) is 0 Å². The fourth-order valence-electron chi connectivity index (χ4n) is 0.424. The largest absolute Gasteiger partial charge is 0.215 e. The van der Waals surface area contributed by atoms with Crippen molar-refractivity contribution in [3.8, 4) is 0 Å². The van der Waals surface area contributed by atoms with Crippen molar-refractivity contribution in [3.63, 3.8) is 0 Å². The van der Waals surface area contributed by atoms with Crippen LogP contribution in [0, 0.1) is 0 Å². The third kappa shape index (κ3) is 0.765. The molecule has 1 heterocycles. The van der Waals surface area contributed by atoms with Crippen LogP contribution in [0.25, 0.3) is 0 Å². The van der Waals surface area contributed by atoms with Gasteiger partial charge in [-0.3, -0.25) is 0 Å². The maximum atomic E-state index is 3.89. The Kier molecular flexibility index (Phi) is 0.817. The van der Waals surface area contributed by atoms with E-state index >= 15 is 0 Å². The first-order chi connectivity index (χ1) is 3.29. The van der Waals surface area contributed by atoms with E-state index in [0.717, 1.165) is 11.7 Å². The fourth-order valence-corrected chi connectivity index (χ4v) is 0.424. The first-order valence-corrected chi connectivity index (χ1v) is 2.09. The first kappa shape index (κ1) is 4.30. The molecule has 1 rings (SSSR count). The molecule has 1 aliphatic heterocycles. The Morgan fingerprint density at radius 1 is 1.00 bits per heavy atom. The van der Waals surface area contributed by atoms with Crippen LogP contribution >= 0.6 is 0 Å². The summed E-state index contributed by atoms with van der Waals surface area (Å²) in [6, 6.07) is 0. The SMILES string of the molecule is CC1=NN=C(C)[N]1. The van der Waals surface area contributed by atoms with Gasteiger partial charge in [0.15, 0.2) is 0 Å². The van der Waals surface area contributed by atoms with E-state index in [2.05, 4.69) is 15.5 Å². The van der Waals surface area contributed by atoms with Crippen LogP contribution < -0.4 is 5.32 Å². The molecule has 0 N–H and O–H groups in total. The van der Waals surface area contributed by atoms with E-state index in [4.69, 9.17) is 0 Å². The summed E-state index contributed by atoms with van der Waals surface area (Å²) < 4.78 is 0. The Morgan fingerprint density at radius 2 is 1.43 bits per heavy atom. The minimum absolute atomic E-state index is 0.748. The van der Waals surface area contributed by atoms with Crippen LogP contribution in [0.3, 0.4) is 0 Å². The van der Waals surface area contributed by atoms with Crippen LogP contribution in [-0.2, 0) is 0 Å². The number of hydrogen-bond acceptors (Lipinski definition) is 2. The molecular formula is C4H6N3. The smallest absolute Gasteiger partial charge is 0.150 e. The van der Waals surface area contributed by atoms with Gasteiger partial charge >= 0.3 is 0 Å². The summed E-state index contributed by atoms with van der Waals surface area (Å²) in [5, 5.41) is 11.2. The van der Waals surface area contributed by atoms with Crippen LogP contribution in [-0.4, -0.2) is 11.7 Å². The van der Waals surface area contributed by atoms with Gasteiger partial charge in [0.05, 0.1) is 0 Å². The lowest BCUT2D eigenvalue weighted by Crippen LogP contribution is -2.10. The summed E-state index contributed by atoms with van der Waals surface area (Å²) in [6.45, 7) is 3.64. The van der Waals surface area contributed by atoms with E-state index < -0.39 is 0 Å². The highest BCUT2D eigenvalue weighted by atomic mass is 15.3. The van der Waals surface area contributed by atoms with Crippen LogP contribution in [0.15, 0.2) is 10.2 Å². The molecule has 0 aromatic carbocycles. The highest BCUT2D eigenvalue weighted by molar-refractivity contribution is 6.01. The monoisotopic (exact) mass is 96.1 g/mol. The number of rotatable bonds is 0. The quantitative estimate of drug-likeness (QED) is 0.417. The predicted octanol–water partition coefficient (Wildman–Crippen LogP) is 0.356. The molecule has 1 radical (unpaired) electrons. The molecule has 0 atom stereocenters. The Balaban J connectivity index is 2.61. The predicted molar refractivity (Wildman–Crippen MR) is 28.4 cm³/mol. The Hall–Kier alpha value is -0.860. The molecular weight excluding hydrogens is 90.1 g/mol. The summed E-state index contributed by atoms with van der Waals surface area (Å²) in [6.07, 6.45) is 0. The maximum absolute atomic E-state index is 3.89. The minimum Gasteiger partial charge on any atom is -0.215 e. The van der Waals surface area contributed by atoms with Gasteiger partial charge in [0, 0.05) is 0 Å². The van der Waals surface area contributed by atoms with Gasteiger partial charge in [0.1, 0.15) is 11.7 Å². The molecule has 0 amide bonds. The molecule has 0 unspecified atom stereocenters. The zero-order chi connectivity index (χ0) is 5.28. The zero-order valence-electron chi connectivity index (χ0n) is 4.34. The first-order valence-electron chi connectivity index (χ1n) is 2.09. The summed E-state index contributed by atoms with van der Waals surface area (Å²) in [7, 11) is 0. The second kappa shape index (κ2) is 1.33. The van der Waals surface area contributed by atoms with Crippen molar-refractivity contribution in [3.05, 3.63) is 0 Å². The van der Waals surface area contributed by atoms with Crippen molar-refractivity contribution in [1.29, 1.82) is 0 Å². The van der Waals surface area contributed by atoms with Crippen LogP contribution in [0.1, 0.15) is 13.8 Å².